The SMILES string of the molecule is CCCCCNC(=O)Nc1ccc(N2CCOCC2)cc1C(F)(F)F. The fourth-order valence-corrected chi connectivity index (χ4v) is 2.64. The molecule has 2 N–H and O–H groups in total. The van der Waals surface area contributed by atoms with Crippen molar-refractivity contribution in [2.24, 2.45) is 0 Å². The highest BCUT2D eigenvalue weighted by Gasteiger charge is 2.34. The summed E-state index contributed by atoms with van der Waals surface area (Å²) in [5.41, 5.74) is -0.609. The van der Waals surface area contributed by atoms with E-state index in [0.29, 0.717) is 38.5 Å². The molecule has 1 saturated heterocycles. The van der Waals surface area contributed by atoms with E-state index in [0.717, 1.165) is 25.3 Å². The molecule has 1 aliphatic rings. The summed E-state index contributed by atoms with van der Waals surface area (Å²) in [4.78, 5) is 13.7. The van der Waals surface area contributed by atoms with Crippen molar-refractivity contribution in [2.75, 3.05) is 43.1 Å². The summed E-state index contributed by atoms with van der Waals surface area (Å²) in [6.07, 6.45) is -1.79. The van der Waals surface area contributed by atoms with Gasteiger partial charge < -0.3 is 20.3 Å². The van der Waals surface area contributed by atoms with Crippen LogP contribution in [0.15, 0.2) is 18.2 Å². The highest BCUT2D eigenvalue weighted by molar-refractivity contribution is 5.90. The number of rotatable bonds is 6. The lowest BCUT2D eigenvalue weighted by Crippen LogP contribution is -2.36. The van der Waals surface area contributed by atoms with Crippen LogP contribution in [0.3, 0.4) is 0 Å². The lowest BCUT2D eigenvalue weighted by atomic mass is 10.1. The molecule has 0 saturated carbocycles. The molecule has 5 nitrogen and oxygen atoms in total. The number of carbonyl (C=O) groups excluding carboxylic acids is 1. The van der Waals surface area contributed by atoms with Gasteiger partial charge in [0.2, 0.25) is 0 Å². The molecule has 2 amide bonds. The molecule has 1 aromatic carbocycles. The first-order chi connectivity index (χ1) is 11.9. The summed E-state index contributed by atoms with van der Waals surface area (Å²) < 4.78 is 45.4. The second-order valence-corrected chi connectivity index (χ2v) is 5.92. The lowest BCUT2D eigenvalue weighted by molar-refractivity contribution is -0.136. The molecule has 0 aromatic heterocycles. The second kappa shape index (κ2) is 8.94. The summed E-state index contributed by atoms with van der Waals surface area (Å²) in [6.45, 7) is 4.53. The van der Waals surface area contributed by atoms with E-state index in [1.54, 1.807) is 6.07 Å². The van der Waals surface area contributed by atoms with Crippen molar-refractivity contribution in [2.45, 2.75) is 32.4 Å². The molecule has 0 atom stereocenters. The van der Waals surface area contributed by atoms with Crippen LogP contribution in [-0.2, 0) is 10.9 Å². The van der Waals surface area contributed by atoms with Gasteiger partial charge in [-0.15, -0.1) is 0 Å². The van der Waals surface area contributed by atoms with Gasteiger partial charge in [-0.05, 0) is 24.6 Å². The van der Waals surface area contributed by atoms with E-state index in [9.17, 15) is 18.0 Å². The van der Waals surface area contributed by atoms with Crippen molar-refractivity contribution in [3.63, 3.8) is 0 Å². The Morgan fingerprint density at radius 2 is 1.96 bits per heavy atom. The van der Waals surface area contributed by atoms with Crippen molar-refractivity contribution >= 4 is 17.4 Å². The van der Waals surface area contributed by atoms with E-state index in [2.05, 4.69) is 10.6 Å². The number of anilines is 2. The van der Waals surface area contributed by atoms with Gasteiger partial charge in [0.05, 0.1) is 24.5 Å². The number of alkyl halides is 3. The Hall–Kier alpha value is -1.96. The first kappa shape index (κ1) is 19.4. The number of urea groups is 1. The molecule has 0 radical (unpaired) electrons. The highest BCUT2D eigenvalue weighted by Crippen LogP contribution is 2.37. The third-order valence-corrected chi connectivity index (χ3v) is 4.00. The second-order valence-electron chi connectivity index (χ2n) is 5.92. The summed E-state index contributed by atoms with van der Waals surface area (Å²) in [5, 5.41) is 4.89. The average Bonchev–Trinajstić information content (AvgIpc) is 2.59. The van der Waals surface area contributed by atoms with Gasteiger partial charge in [-0.1, -0.05) is 19.8 Å². The molecule has 1 aromatic rings. The zero-order valence-electron chi connectivity index (χ0n) is 14.3. The minimum Gasteiger partial charge on any atom is -0.378 e. The molecule has 140 valence electrons. The van der Waals surface area contributed by atoms with Crippen molar-refractivity contribution in [3.8, 4) is 0 Å². The first-order valence-electron chi connectivity index (χ1n) is 8.50. The maximum Gasteiger partial charge on any atom is 0.418 e. The van der Waals surface area contributed by atoms with E-state index >= 15 is 0 Å². The molecule has 25 heavy (non-hydrogen) atoms. The van der Waals surface area contributed by atoms with Crippen molar-refractivity contribution in [1.82, 2.24) is 5.32 Å². The molecule has 0 aliphatic carbocycles. The molecule has 0 unspecified atom stereocenters. The molecule has 2 rings (SSSR count). The molecule has 1 heterocycles. The molecule has 8 heteroatoms. The molecular formula is C17H24F3N3O2. The maximum atomic E-state index is 13.4. The normalized spacial score (nSPS) is 15.1. The van der Waals surface area contributed by atoms with Crippen LogP contribution in [0.4, 0.5) is 29.3 Å². The number of amides is 2. The number of hydrogen-bond donors (Lipinski definition) is 2. The van der Waals surface area contributed by atoms with E-state index in [4.69, 9.17) is 4.74 Å². The third kappa shape index (κ3) is 5.81. The van der Waals surface area contributed by atoms with Crippen LogP contribution >= 0.6 is 0 Å². The Labute approximate surface area is 145 Å². The topological polar surface area (TPSA) is 53.6 Å². The van der Waals surface area contributed by atoms with Crippen LogP contribution in [-0.4, -0.2) is 38.9 Å². The van der Waals surface area contributed by atoms with Gasteiger partial charge in [-0.2, -0.15) is 13.2 Å². The molecule has 1 aliphatic heterocycles. The number of nitrogens with one attached hydrogen (secondary N) is 2. The largest absolute Gasteiger partial charge is 0.418 e. The fourth-order valence-electron chi connectivity index (χ4n) is 2.64. The van der Waals surface area contributed by atoms with E-state index in [1.807, 2.05) is 11.8 Å². The van der Waals surface area contributed by atoms with E-state index < -0.39 is 17.8 Å². The van der Waals surface area contributed by atoms with Crippen molar-refractivity contribution in [3.05, 3.63) is 23.8 Å². The third-order valence-electron chi connectivity index (χ3n) is 4.00. The standard InChI is InChI=1S/C17H24F3N3O2/c1-2-3-4-7-21-16(24)22-15-6-5-13(12-14(15)17(18,19)20)23-8-10-25-11-9-23/h5-6,12H,2-4,7-11H2,1H3,(H2,21,22,24). The minimum absolute atomic E-state index is 0.238. The number of carbonyl (C=O) groups is 1. The summed E-state index contributed by atoms with van der Waals surface area (Å²) in [6, 6.07) is 3.35. The van der Waals surface area contributed by atoms with Gasteiger partial charge in [-0.3, -0.25) is 0 Å². The Morgan fingerprint density at radius 3 is 2.60 bits per heavy atom. The van der Waals surface area contributed by atoms with Gasteiger partial charge in [0.1, 0.15) is 0 Å². The summed E-state index contributed by atoms with van der Waals surface area (Å²) in [7, 11) is 0. The van der Waals surface area contributed by atoms with Gasteiger partial charge in [-0.25, -0.2) is 4.79 Å². The smallest absolute Gasteiger partial charge is 0.378 e. The minimum atomic E-state index is -4.55. The zero-order chi connectivity index (χ0) is 18.3. The quantitative estimate of drug-likeness (QED) is 0.759. The fraction of sp³-hybridized carbons (Fsp3) is 0.588. The van der Waals surface area contributed by atoms with Crippen LogP contribution in [0, 0.1) is 0 Å². The summed E-state index contributed by atoms with van der Waals surface area (Å²) in [5.74, 6) is 0. The Bertz CT molecular complexity index is 573. The molecule has 0 bridgehead atoms. The Kier molecular flexibility index (Phi) is 6.92. The van der Waals surface area contributed by atoms with Gasteiger partial charge >= 0.3 is 12.2 Å². The average molecular weight is 359 g/mol. The van der Waals surface area contributed by atoms with Crippen LogP contribution in [0.25, 0.3) is 0 Å². The Morgan fingerprint density at radius 1 is 1.24 bits per heavy atom. The van der Waals surface area contributed by atoms with E-state index in [1.165, 1.54) is 6.07 Å². The van der Waals surface area contributed by atoms with Crippen LogP contribution < -0.4 is 15.5 Å². The number of unbranched alkanes of at least 4 members (excludes halogenated alkanes) is 2. The first-order valence-corrected chi connectivity index (χ1v) is 8.50. The predicted molar refractivity (Wildman–Crippen MR) is 91.0 cm³/mol. The molecular weight excluding hydrogens is 335 g/mol. The number of morpholine rings is 1. The number of benzene rings is 1. The number of ether oxygens (including phenoxy) is 1. The van der Waals surface area contributed by atoms with E-state index in [-0.39, 0.29) is 5.69 Å². The van der Waals surface area contributed by atoms with Gasteiger partial charge in [0, 0.05) is 25.3 Å². The Balaban J connectivity index is 2.10. The van der Waals surface area contributed by atoms with Crippen LogP contribution in [0.1, 0.15) is 31.7 Å². The maximum absolute atomic E-state index is 13.4. The van der Waals surface area contributed by atoms with Crippen molar-refractivity contribution in [1.29, 1.82) is 0 Å². The molecule has 0 spiro atoms. The number of hydrogen-bond acceptors (Lipinski definition) is 3. The van der Waals surface area contributed by atoms with Gasteiger partial charge in [0.15, 0.2) is 0 Å². The summed E-state index contributed by atoms with van der Waals surface area (Å²) >= 11 is 0. The number of halogens is 3. The van der Waals surface area contributed by atoms with Crippen molar-refractivity contribution < 1.29 is 22.7 Å². The van der Waals surface area contributed by atoms with Crippen LogP contribution in [0.5, 0.6) is 0 Å². The highest BCUT2D eigenvalue weighted by atomic mass is 19.4. The van der Waals surface area contributed by atoms with Crippen LogP contribution in [0.2, 0.25) is 0 Å². The number of nitrogens with zero attached hydrogens (tertiary/aromatic N) is 1. The lowest BCUT2D eigenvalue weighted by Gasteiger charge is -2.29. The zero-order valence-corrected chi connectivity index (χ0v) is 14.3. The predicted octanol–water partition coefficient (Wildman–Crippen LogP) is 3.85. The van der Waals surface area contributed by atoms with Gasteiger partial charge in [0.25, 0.3) is 0 Å². The monoisotopic (exact) mass is 359 g/mol. The molecule has 1 fully saturated rings.